The number of aromatic nitrogens is 3. The summed E-state index contributed by atoms with van der Waals surface area (Å²) in [5, 5.41) is 12.1. The standard InChI is InChI=1S/C27H23ClN8O15S5.CH4.4Na/c28-25-32-26(30-15-1-4-17(5-2-15)52(37,38)10-9-51-56(48,49)50)34-27(33-25)31-16-3-8-21(54(42,43)44)20(13-16)35-36-24-19-7-6-18(53(39,40)41)11-14(19)12-22(23(24)29)55(45,46)47;;;;;/h1-8,11-13H,9-10,29H2,(H,39,40,41)(H,42,43,44)(H,45,46,47)(H,48,49,50)(H2,30,31,32,33,34);1H4;;;;/q;;4*+1/p-4. The van der Waals surface area contributed by atoms with Crippen molar-refractivity contribution < 1.29 is 183 Å². The maximum Gasteiger partial charge on any atom is 1.00 e. The summed E-state index contributed by atoms with van der Waals surface area (Å²) < 4.78 is 167. The molecular weight excluding hydrogens is 976 g/mol. The molecule has 0 radical (unpaired) electrons. The van der Waals surface area contributed by atoms with Gasteiger partial charge in [-0.3, -0.25) is 4.18 Å². The summed E-state index contributed by atoms with van der Waals surface area (Å²) >= 11 is 6.04. The predicted octanol–water partition coefficient (Wildman–Crippen LogP) is -9.22. The van der Waals surface area contributed by atoms with E-state index in [0.29, 0.717) is 6.07 Å². The SMILES string of the molecule is C.Nc1c(S(=O)(=O)[O-])cc2cc(S(=O)(=O)[O-])ccc2c1N=Nc1cc(Nc2nc(Cl)nc(Nc3ccc(S(=O)(=O)CCOS(=O)(=O)[O-])cc3)n2)ccc1S(=O)(=O)[O-].[Na+].[Na+].[Na+].[Na+]. The minimum atomic E-state index is -5.34. The topological polar surface area (TPSA) is 386 Å². The van der Waals surface area contributed by atoms with Crippen LogP contribution in [0.5, 0.6) is 0 Å². The molecule has 0 atom stereocenters. The fourth-order valence-corrected chi connectivity index (χ4v) is 8.02. The van der Waals surface area contributed by atoms with Crippen molar-refractivity contribution in [1.29, 1.82) is 0 Å². The fraction of sp³-hybridized carbons (Fsp3) is 0.107. The van der Waals surface area contributed by atoms with E-state index in [-0.39, 0.29) is 170 Å². The van der Waals surface area contributed by atoms with Gasteiger partial charge in [0.1, 0.15) is 41.7 Å². The average molecular weight is 999 g/mol. The number of hydrogen-bond donors (Lipinski definition) is 3. The van der Waals surface area contributed by atoms with Gasteiger partial charge in [0.15, 0.2) is 9.84 Å². The minimum Gasteiger partial charge on any atom is -0.744 e. The second-order valence-electron chi connectivity index (χ2n) is 10.8. The van der Waals surface area contributed by atoms with Crippen LogP contribution in [0, 0.1) is 0 Å². The molecule has 23 nitrogen and oxygen atoms in total. The van der Waals surface area contributed by atoms with E-state index in [9.17, 15) is 60.3 Å². The van der Waals surface area contributed by atoms with Crippen molar-refractivity contribution in [2.75, 3.05) is 28.7 Å². The van der Waals surface area contributed by atoms with Gasteiger partial charge in [-0.05, 0) is 77.7 Å². The molecule has 33 heteroatoms. The van der Waals surface area contributed by atoms with E-state index in [1.807, 2.05) is 0 Å². The first-order valence-corrected chi connectivity index (χ1v) is 22.1. The molecule has 4 N–H and O–H groups in total. The number of fused-ring (bicyclic) bond motifs is 1. The summed E-state index contributed by atoms with van der Waals surface area (Å²) in [4.78, 5) is 8.84. The number of azo groups is 1. The van der Waals surface area contributed by atoms with Gasteiger partial charge < -0.3 is 34.6 Å². The molecule has 0 saturated heterocycles. The van der Waals surface area contributed by atoms with Gasteiger partial charge in [-0.1, -0.05) is 13.5 Å². The molecule has 0 aliphatic rings. The molecule has 0 aliphatic heterocycles. The fourth-order valence-electron chi connectivity index (χ4n) is 4.64. The van der Waals surface area contributed by atoms with E-state index >= 15 is 0 Å². The van der Waals surface area contributed by atoms with E-state index in [0.717, 1.165) is 48.5 Å². The van der Waals surface area contributed by atoms with E-state index in [1.54, 1.807) is 0 Å². The first kappa shape index (κ1) is 60.0. The summed E-state index contributed by atoms with van der Waals surface area (Å²) in [7, 11) is -24.8. The summed E-state index contributed by atoms with van der Waals surface area (Å²) in [6, 6.07) is 11.0. The van der Waals surface area contributed by atoms with E-state index in [1.165, 1.54) is 12.1 Å². The van der Waals surface area contributed by atoms with Gasteiger partial charge in [-0.15, -0.1) is 10.2 Å². The number of anilines is 5. The molecule has 306 valence electrons. The Morgan fingerprint density at radius 1 is 0.639 bits per heavy atom. The Labute approximate surface area is 442 Å². The number of rotatable bonds is 14. The van der Waals surface area contributed by atoms with Gasteiger partial charge in [0.2, 0.25) is 27.6 Å². The Bertz CT molecular complexity index is 3010. The zero-order valence-electron chi connectivity index (χ0n) is 31.1. The molecule has 61 heavy (non-hydrogen) atoms. The maximum atomic E-state index is 12.4. The number of nitrogen functional groups attached to an aromatic ring is 1. The van der Waals surface area contributed by atoms with Crippen LogP contribution in [0.4, 0.5) is 40.3 Å². The van der Waals surface area contributed by atoms with E-state index in [4.69, 9.17) is 17.3 Å². The van der Waals surface area contributed by atoms with Crippen molar-refractivity contribution in [3.05, 3.63) is 72.0 Å². The Morgan fingerprint density at radius 3 is 1.69 bits per heavy atom. The molecule has 1 aromatic heterocycles. The van der Waals surface area contributed by atoms with Gasteiger partial charge in [-0.25, -0.2) is 42.1 Å². The van der Waals surface area contributed by atoms with Crippen LogP contribution >= 0.6 is 11.6 Å². The molecule has 1 heterocycles. The van der Waals surface area contributed by atoms with E-state index < -0.39 is 94.7 Å². The second-order valence-corrected chi connectivity index (χ2v) is 18.4. The van der Waals surface area contributed by atoms with Gasteiger partial charge in [0.05, 0.1) is 37.6 Å². The van der Waals surface area contributed by atoms with Crippen molar-refractivity contribution in [3.8, 4) is 0 Å². The van der Waals surface area contributed by atoms with Crippen molar-refractivity contribution >= 4 is 113 Å². The molecule has 0 unspecified atom stereocenters. The first-order chi connectivity index (χ1) is 25.8. The molecule has 5 rings (SSSR count). The van der Waals surface area contributed by atoms with E-state index in [2.05, 4.69) is 40.0 Å². The Morgan fingerprint density at radius 2 is 1.16 bits per heavy atom. The first-order valence-electron chi connectivity index (χ1n) is 14.5. The van der Waals surface area contributed by atoms with Gasteiger partial charge in [0.25, 0.3) is 0 Å². The Kier molecular flexibility index (Phi) is 23.1. The second kappa shape index (κ2) is 23.4. The average Bonchev–Trinajstić information content (AvgIpc) is 3.05. The number of halogens is 1. The molecule has 0 saturated carbocycles. The normalized spacial score (nSPS) is 11.9. The van der Waals surface area contributed by atoms with Crippen LogP contribution in [0.3, 0.4) is 0 Å². The third kappa shape index (κ3) is 16.4. The van der Waals surface area contributed by atoms with Crippen LogP contribution in [0.1, 0.15) is 7.43 Å². The number of nitrogens with one attached hydrogen (secondary N) is 2. The van der Waals surface area contributed by atoms with Gasteiger partial charge >= 0.3 is 118 Å². The zero-order chi connectivity index (χ0) is 41.4. The van der Waals surface area contributed by atoms with Crippen LogP contribution in [-0.2, 0) is 54.8 Å². The number of benzene rings is 4. The summed E-state index contributed by atoms with van der Waals surface area (Å²) in [6.07, 6.45) is 0. The van der Waals surface area contributed by atoms with Crippen LogP contribution in [0.2, 0.25) is 5.28 Å². The molecule has 0 bridgehead atoms. The summed E-state index contributed by atoms with van der Waals surface area (Å²) in [6.45, 7) is -0.900. The smallest absolute Gasteiger partial charge is 0.744 e. The summed E-state index contributed by atoms with van der Waals surface area (Å²) in [5.41, 5.74) is 4.05. The Balaban J connectivity index is 0.00000720. The molecule has 0 aliphatic carbocycles. The van der Waals surface area contributed by atoms with Crippen LogP contribution in [-0.4, -0.2) is 87.6 Å². The third-order valence-corrected chi connectivity index (χ3v) is 12.0. The van der Waals surface area contributed by atoms with Crippen molar-refractivity contribution in [3.63, 3.8) is 0 Å². The van der Waals surface area contributed by atoms with Crippen LogP contribution in [0.15, 0.2) is 96.5 Å². The molecule has 0 fully saturated rings. The molecular formula is C28H23ClN8Na4O15S5. The predicted molar refractivity (Wildman–Crippen MR) is 195 cm³/mol. The quantitative estimate of drug-likeness (QED) is 0.0306. The number of sulfone groups is 1. The third-order valence-electron chi connectivity index (χ3n) is 7.04. The largest absolute Gasteiger partial charge is 1.00 e. The number of nitrogens with zero attached hydrogens (tertiary/aromatic N) is 5. The van der Waals surface area contributed by atoms with Crippen molar-refractivity contribution in [2.24, 2.45) is 10.2 Å². The van der Waals surface area contributed by atoms with Crippen LogP contribution in [0.25, 0.3) is 10.8 Å². The molecule has 4 aromatic carbocycles. The Hall–Kier alpha value is -1.01. The van der Waals surface area contributed by atoms with Crippen molar-refractivity contribution in [2.45, 2.75) is 27.0 Å². The number of nitrogens with two attached hydrogens (primary N) is 1. The minimum absolute atomic E-state index is 0. The molecule has 0 spiro atoms. The monoisotopic (exact) mass is 998 g/mol. The van der Waals surface area contributed by atoms with Crippen LogP contribution < -0.4 is 135 Å². The number of hydrogen-bond acceptors (Lipinski definition) is 23. The molecule has 5 aromatic rings. The molecule has 0 amide bonds. The van der Waals surface area contributed by atoms with Crippen molar-refractivity contribution in [1.82, 2.24) is 15.0 Å². The zero-order valence-corrected chi connectivity index (χ0v) is 44.0. The van der Waals surface area contributed by atoms with Gasteiger partial charge in [-0.2, -0.15) is 15.0 Å². The summed E-state index contributed by atoms with van der Waals surface area (Å²) in [5.74, 6) is -1.31. The van der Waals surface area contributed by atoms with Gasteiger partial charge in [0, 0.05) is 16.8 Å². The maximum absolute atomic E-state index is 12.4.